The summed E-state index contributed by atoms with van der Waals surface area (Å²) in [5, 5.41) is 9.13. The summed E-state index contributed by atoms with van der Waals surface area (Å²) in [6.45, 7) is 0. The maximum absolute atomic E-state index is 12.2. The summed E-state index contributed by atoms with van der Waals surface area (Å²) in [6, 6.07) is 1.02. The second kappa shape index (κ2) is 3.74. The molecule has 0 aliphatic heterocycles. The third-order valence-electron chi connectivity index (χ3n) is 1.47. The van der Waals surface area contributed by atoms with Crippen molar-refractivity contribution in [2.75, 3.05) is 5.73 Å². The summed E-state index contributed by atoms with van der Waals surface area (Å²) in [5.41, 5.74) is 4.42. The number of alkyl halides is 3. The van der Waals surface area contributed by atoms with Crippen molar-refractivity contribution in [1.82, 2.24) is 4.98 Å². The van der Waals surface area contributed by atoms with Crippen LogP contribution in [0.25, 0.3) is 0 Å². The molecule has 0 saturated carbocycles. The predicted octanol–water partition coefficient (Wildman–Crippen LogP) is 2.05. The van der Waals surface area contributed by atoms with Gasteiger partial charge in [0.25, 0.3) is 6.43 Å². The number of anilines is 1. The summed E-state index contributed by atoms with van der Waals surface area (Å²) in [6.07, 6.45) is -2.76. The van der Waals surface area contributed by atoms with Gasteiger partial charge in [-0.2, -0.15) is 0 Å². The maximum atomic E-state index is 12.2. The molecule has 0 bridgehead atoms. The van der Waals surface area contributed by atoms with Crippen molar-refractivity contribution < 1.29 is 13.9 Å². The van der Waals surface area contributed by atoms with Crippen LogP contribution < -0.4 is 5.73 Å². The number of aromatic nitrogens is 1. The molecule has 72 valence electrons. The summed E-state index contributed by atoms with van der Waals surface area (Å²) >= 11 is 5.35. The number of nitrogens with two attached hydrogens (primary N) is 1. The lowest BCUT2D eigenvalue weighted by Crippen LogP contribution is -2.01. The van der Waals surface area contributed by atoms with Gasteiger partial charge in [-0.3, -0.25) is 0 Å². The molecule has 0 atom stereocenters. The number of pyridine rings is 1. The Hall–Kier alpha value is -1.10. The van der Waals surface area contributed by atoms with E-state index in [-0.39, 0.29) is 23.0 Å². The molecule has 0 fully saturated rings. The normalized spacial score (nSPS) is 10.8. The van der Waals surface area contributed by atoms with Gasteiger partial charge in [0.2, 0.25) is 0 Å². The number of hydrogen-bond donors (Lipinski definition) is 2. The molecular formula is C7H7ClF2N2O. The van der Waals surface area contributed by atoms with Crippen LogP contribution in [0.2, 0.25) is 0 Å². The minimum atomic E-state index is -2.76. The minimum Gasteiger partial charge on any atom is -0.506 e. The Morgan fingerprint density at radius 3 is 2.69 bits per heavy atom. The van der Waals surface area contributed by atoms with Gasteiger partial charge >= 0.3 is 0 Å². The zero-order chi connectivity index (χ0) is 10.0. The first kappa shape index (κ1) is 9.98. The quantitative estimate of drug-likeness (QED) is 0.732. The Bertz CT molecular complexity index is 320. The second-order valence-corrected chi connectivity index (χ2v) is 2.63. The molecule has 6 heteroatoms. The van der Waals surface area contributed by atoms with Crippen molar-refractivity contribution in [3.05, 3.63) is 17.5 Å². The van der Waals surface area contributed by atoms with Gasteiger partial charge in [-0.1, -0.05) is 0 Å². The third kappa shape index (κ3) is 1.98. The molecule has 0 spiro atoms. The number of hydrogen-bond acceptors (Lipinski definition) is 3. The van der Waals surface area contributed by atoms with Crippen molar-refractivity contribution in [3.63, 3.8) is 0 Å². The number of rotatable bonds is 2. The number of nitrogens with zero attached hydrogens (tertiary/aromatic N) is 1. The molecule has 0 saturated heterocycles. The topological polar surface area (TPSA) is 59.1 Å². The van der Waals surface area contributed by atoms with E-state index in [1.54, 1.807) is 0 Å². The van der Waals surface area contributed by atoms with Gasteiger partial charge in [-0.05, 0) is 0 Å². The first-order valence-corrected chi connectivity index (χ1v) is 3.92. The van der Waals surface area contributed by atoms with Crippen LogP contribution in [0.15, 0.2) is 6.07 Å². The first-order chi connectivity index (χ1) is 6.06. The molecule has 3 nitrogen and oxygen atoms in total. The lowest BCUT2D eigenvalue weighted by molar-refractivity contribution is 0.146. The zero-order valence-electron chi connectivity index (χ0n) is 6.47. The number of halogens is 3. The number of aromatic hydroxyl groups is 1. The average Bonchev–Trinajstić information content (AvgIpc) is 2.03. The van der Waals surface area contributed by atoms with E-state index < -0.39 is 12.1 Å². The van der Waals surface area contributed by atoms with Crippen molar-refractivity contribution in [2.24, 2.45) is 0 Å². The van der Waals surface area contributed by atoms with Crippen molar-refractivity contribution >= 4 is 17.3 Å². The van der Waals surface area contributed by atoms with E-state index >= 15 is 0 Å². The summed E-state index contributed by atoms with van der Waals surface area (Å²) in [5.74, 6) is -0.400. The van der Waals surface area contributed by atoms with Crippen molar-refractivity contribution in [1.29, 1.82) is 0 Å². The first-order valence-electron chi connectivity index (χ1n) is 3.38. The Morgan fingerprint density at radius 2 is 2.23 bits per heavy atom. The van der Waals surface area contributed by atoms with Gasteiger partial charge in [-0.25, -0.2) is 13.8 Å². The van der Waals surface area contributed by atoms with Crippen LogP contribution in [0.4, 0.5) is 14.5 Å². The highest BCUT2D eigenvalue weighted by Crippen LogP contribution is 2.28. The van der Waals surface area contributed by atoms with Gasteiger partial charge in [-0.15, -0.1) is 11.6 Å². The van der Waals surface area contributed by atoms with E-state index in [1.807, 2.05) is 0 Å². The summed E-state index contributed by atoms with van der Waals surface area (Å²) in [7, 11) is 0. The number of nitrogen functional groups attached to an aromatic ring is 1. The van der Waals surface area contributed by atoms with Crippen LogP contribution in [0.3, 0.4) is 0 Å². The van der Waals surface area contributed by atoms with E-state index in [9.17, 15) is 8.78 Å². The van der Waals surface area contributed by atoms with Gasteiger partial charge in [0.05, 0.1) is 17.3 Å². The van der Waals surface area contributed by atoms with Crippen molar-refractivity contribution in [3.8, 4) is 5.75 Å². The lowest BCUT2D eigenvalue weighted by atomic mass is 10.2. The molecule has 0 aliphatic carbocycles. The maximum Gasteiger partial charge on any atom is 0.282 e. The SMILES string of the molecule is Nc1cc(O)c(CCl)nc1C(F)F. The molecule has 13 heavy (non-hydrogen) atoms. The molecule has 0 aliphatic rings. The molecule has 1 aromatic heterocycles. The second-order valence-electron chi connectivity index (χ2n) is 2.36. The fraction of sp³-hybridized carbons (Fsp3) is 0.286. The van der Waals surface area contributed by atoms with Gasteiger partial charge in [0.15, 0.2) is 0 Å². The minimum absolute atomic E-state index is 0.00571. The van der Waals surface area contributed by atoms with Crippen LogP contribution in [-0.4, -0.2) is 10.1 Å². The zero-order valence-corrected chi connectivity index (χ0v) is 7.22. The van der Waals surface area contributed by atoms with Crippen LogP contribution in [0, 0.1) is 0 Å². The molecule has 0 unspecified atom stereocenters. The highest BCUT2D eigenvalue weighted by atomic mass is 35.5. The van der Waals surface area contributed by atoms with Gasteiger partial charge < -0.3 is 10.8 Å². The smallest absolute Gasteiger partial charge is 0.282 e. The van der Waals surface area contributed by atoms with E-state index in [4.69, 9.17) is 22.4 Å². The molecule has 1 heterocycles. The monoisotopic (exact) mass is 208 g/mol. The Balaban J connectivity index is 3.22. The van der Waals surface area contributed by atoms with Crippen LogP contribution >= 0.6 is 11.6 Å². The van der Waals surface area contributed by atoms with Gasteiger partial charge in [0.1, 0.15) is 11.4 Å². The molecular weight excluding hydrogens is 202 g/mol. The fourth-order valence-electron chi connectivity index (χ4n) is 0.845. The Labute approximate surface area is 78.1 Å². The molecule has 0 aromatic carbocycles. The Kier molecular flexibility index (Phi) is 2.87. The molecule has 0 radical (unpaired) electrons. The highest BCUT2D eigenvalue weighted by molar-refractivity contribution is 6.17. The van der Waals surface area contributed by atoms with Crippen LogP contribution in [0.5, 0.6) is 5.75 Å². The third-order valence-corrected chi connectivity index (χ3v) is 1.73. The van der Waals surface area contributed by atoms with Crippen LogP contribution in [-0.2, 0) is 5.88 Å². The Morgan fingerprint density at radius 1 is 1.62 bits per heavy atom. The average molecular weight is 209 g/mol. The van der Waals surface area contributed by atoms with E-state index in [1.165, 1.54) is 0 Å². The predicted molar refractivity (Wildman–Crippen MR) is 44.8 cm³/mol. The van der Waals surface area contributed by atoms with Crippen LogP contribution in [0.1, 0.15) is 17.8 Å². The van der Waals surface area contributed by atoms with Gasteiger partial charge in [0, 0.05) is 6.07 Å². The standard InChI is InChI=1S/C7H7ClF2N2O/c8-2-4-5(13)1-3(11)6(12-4)7(9)10/h1,7,13H,2,11H2. The van der Waals surface area contributed by atoms with E-state index in [0.717, 1.165) is 6.07 Å². The molecule has 1 aromatic rings. The largest absolute Gasteiger partial charge is 0.506 e. The highest BCUT2D eigenvalue weighted by Gasteiger charge is 2.16. The summed E-state index contributed by atoms with van der Waals surface area (Å²) < 4.78 is 24.4. The lowest BCUT2D eigenvalue weighted by Gasteiger charge is -2.06. The molecule has 0 amide bonds. The summed E-state index contributed by atoms with van der Waals surface area (Å²) in [4.78, 5) is 3.43. The molecule has 1 rings (SSSR count). The fourth-order valence-corrected chi connectivity index (χ4v) is 1.04. The van der Waals surface area contributed by atoms with E-state index in [0.29, 0.717) is 0 Å². The molecule has 3 N–H and O–H groups in total. The van der Waals surface area contributed by atoms with E-state index in [2.05, 4.69) is 4.98 Å². The van der Waals surface area contributed by atoms with Crippen molar-refractivity contribution in [2.45, 2.75) is 12.3 Å².